The molecule has 1 atom stereocenters. The van der Waals surface area contributed by atoms with Gasteiger partial charge in [0.2, 0.25) is 15.9 Å². The van der Waals surface area contributed by atoms with E-state index in [0.717, 1.165) is 30.5 Å². The highest BCUT2D eigenvalue weighted by Gasteiger charge is 2.30. The van der Waals surface area contributed by atoms with Gasteiger partial charge in [0.1, 0.15) is 0 Å². The summed E-state index contributed by atoms with van der Waals surface area (Å²) in [6.07, 6.45) is 3.62. The zero-order valence-corrected chi connectivity index (χ0v) is 18.3. The number of nitrogens with one attached hydrogen (secondary N) is 1. The summed E-state index contributed by atoms with van der Waals surface area (Å²) in [6.45, 7) is 4.09. The van der Waals surface area contributed by atoms with Crippen molar-refractivity contribution < 1.29 is 13.2 Å². The number of fused-ring (bicyclic) bond motifs is 1. The SMILES string of the molecule is CC(NCC(=O)N1CCc2cc(S(=O)(=O)N3CCCCC3)ccc21)c1cccs1. The van der Waals surface area contributed by atoms with Crippen LogP contribution >= 0.6 is 11.3 Å². The molecule has 8 heteroatoms. The number of hydrogen-bond donors (Lipinski definition) is 1. The van der Waals surface area contributed by atoms with Gasteiger partial charge in [0, 0.05) is 36.2 Å². The van der Waals surface area contributed by atoms with Gasteiger partial charge in [-0.05, 0) is 61.4 Å². The molecule has 1 N–H and O–H groups in total. The topological polar surface area (TPSA) is 69.7 Å². The third-order valence-electron chi connectivity index (χ3n) is 5.73. The number of anilines is 1. The molecular weight excluding hydrogens is 406 g/mol. The summed E-state index contributed by atoms with van der Waals surface area (Å²) in [5.41, 5.74) is 1.76. The number of carbonyl (C=O) groups excluding carboxylic acids is 1. The van der Waals surface area contributed by atoms with Gasteiger partial charge in [-0.2, -0.15) is 4.31 Å². The molecular formula is C21H27N3O3S2. The Morgan fingerprint density at radius 1 is 1.17 bits per heavy atom. The standard InChI is InChI=1S/C21H27N3O3S2/c1-16(20-6-5-13-28-20)22-15-21(25)24-12-9-17-14-18(7-8-19(17)24)29(26,27)23-10-3-2-4-11-23/h5-8,13-14,16,22H,2-4,9-12,15H2,1H3. The normalized spacial score (nSPS) is 18.6. The average Bonchev–Trinajstić information content (AvgIpc) is 3.42. The lowest BCUT2D eigenvalue weighted by Gasteiger charge is -2.26. The molecule has 0 radical (unpaired) electrons. The van der Waals surface area contributed by atoms with Crippen molar-refractivity contribution in [2.75, 3.05) is 31.1 Å². The number of sulfonamides is 1. The van der Waals surface area contributed by atoms with Gasteiger partial charge in [-0.25, -0.2) is 8.42 Å². The molecule has 1 saturated heterocycles. The number of rotatable bonds is 6. The summed E-state index contributed by atoms with van der Waals surface area (Å²) in [7, 11) is -3.45. The number of carbonyl (C=O) groups is 1. The summed E-state index contributed by atoms with van der Waals surface area (Å²) >= 11 is 1.67. The fraction of sp³-hybridized carbons (Fsp3) is 0.476. The Kier molecular flexibility index (Phi) is 6.06. The molecule has 29 heavy (non-hydrogen) atoms. The number of nitrogens with zero attached hydrogens (tertiary/aromatic N) is 2. The van der Waals surface area contributed by atoms with Crippen LogP contribution in [-0.2, 0) is 21.2 Å². The Labute approximate surface area is 176 Å². The Balaban J connectivity index is 1.44. The van der Waals surface area contributed by atoms with Crippen LogP contribution in [0.4, 0.5) is 5.69 Å². The van der Waals surface area contributed by atoms with E-state index in [2.05, 4.69) is 18.3 Å². The van der Waals surface area contributed by atoms with Gasteiger partial charge >= 0.3 is 0 Å². The maximum Gasteiger partial charge on any atom is 0.243 e. The van der Waals surface area contributed by atoms with Crippen molar-refractivity contribution in [3.8, 4) is 0 Å². The van der Waals surface area contributed by atoms with Gasteiger partial charge in [-0.1, -0.05) is 12.5 Å². The van der Waals surface area contributed by atoms with Gasteiger partial charge in [-0.15, -0.1) is 11.3 Å². The van der Waals surface area contributed by atoms with Crippen LogP contribution in [0.3, 0.4) is 0 Å². The Bertz CT molecular complexity index is 967. The monoisotopic (exact) mass is 433 g/mol. The molecule has 1 aromatic heterocycles. The molecule has 1 unspecified atom stereocenters. The number of hydrogen-bond acceptors (Lipinski definition) is 5. The van der Waals surface area contributed by atoms with E-state index >= 15 is 0 Å². The first kappa shape index (κ1) is 20.5. The number of amides is 1. The predicted molar refractivity (Wildman–Crippen MR) is 116 cm³/mol. The minimum atomic E-state index is -3.45. The van der Waals surface area contributed by atoms with Gasteiger partial charge in [-0.3, -0.25) is 4.79 Å². The molecule has 0 aliphatic carbocycles. The number of piperidine rings is 1. The Morgan fingerprint density at radius 3 is 2.69 bits per heavy atom. The minimum Gasteiger partial charge on any atom is -0.311 e. The van der Waals surface area contributed by atoms with Gasteiger partial charge in [0.15, 0.2) is 0 Å². The van der Waals surface area contributed by atoms with Crippen LogP contribution in [0.15, 0.2) is 40.6 Å². The zero-order chi connectivity index (χ0) is 20.4. The highest BCUT2D eigenvalue weighted by atomic mass is 32.2. The van der Waals surface area contributed by atoms with Crippen molar-refractivity contribution in [2.45, 2.75) is 43.5 Å². The zero-order valence-electron chi connectivity index (χ0n) is 16.6. The van der Waals surface area contributed by atoms with E-state index < -0.39 is 10.0 Å². The third-order valence-corrected chi connectivity index (χ3v) is 8.68. The molecule has 3 heterocycles. The van der Waals surface area contributed by atoms with E-state index in [-0.39, 0.29) is 18.5 Å². The third kappa shape index (κ3) is 4.26. The van der Waals surface area contributed by atoms with E-state index in [1.165, 1.54) is 4.88 Å². The van der Waals surface area contributed by atoms with Crippen LogP contribution in [0, 0.1) is 0 Å². The minimum absolute atomic E-state index is 0.0128. The van der Waals surface area contributed by atoms with E-state index in [9.17, 15) is 13.2 Å². The molecule has 0 bridgehead atoms. The molecule has 1 fully saturated rings. The van der Waals surface area contributed by atoms with Crippen LogP contribution < -0.4 is 10.2 Å². The fourth-order valence-corrected chi connectivity index (χ4v) is 6.35. The predicted octanol–water partition coefficient (Wildman–Crippen LogP) is 3.16. The second-order valence-electron chi connectivity index (χ2n) is 7.67. The molecule has 156 valence electrons. The molecule has 4 rings (SSSR count). The molecule has 2 aliphatic rings. The van der Waals surface area contributed by atoms with E-state index in [4.69, 9.17) is 0 Å². The van der Waals surface area contributed by atoms with E-state index in [1.54, 1.807) is 38.7 Å². The fourth-order valence-electron chi connectivity index (χ4n) is 4.03. The largest absolute Gasteiger partial charge is 0.311 e. The molecule has 6 nitrogen and oxygen atoms in total. The lowest BCUT2D eigenvalue weighted by Crippen LogP contribution is -2.38. The summed E-state index contributed by atoms with van der Waals surface area (Å²) in [5.74, 6) is 0.0128. The van der Waals surface area contributed by atoms with Crippen molar-refractivity contribution in [1.29, 1.82) is 0 Å². The van der Waals surface area contributed by atoms with Crippen LogP contribution in [0.5, 0.6) is 0 Å². The Morgan fingerprint density at radius 2 is 1.97 bits per heavy atom. The van der Waals surface area contributed by atoms with Crippen molar-refractivity contribution in [3.63, 3.8) is 0 Å². The molecule has 2 aromatic rings. The van der Waals surface area contributed by atoms with Gasteiger partial charge < -0.3 is 10.2 Å². The summed E-state index contributed by atoms with van der Waals surface area (Å²) in [6, 6.07) is 9.39. The maximum absolute atomic E-state index is 12.9. The van der Waals surface area contributed by atoms with Crippen LogP contribution in [0.1, 0.15) is 42.7 Å². The lowest BCUT2D eigenvalue weighted by molar-refractivity contribution is -0.117. The summed E-state index contributed by atoms with van der Waals surface area (Å²) in [5, 5.41) is 5.32. The summed E-state index contributed by atoms with van der Waals surface area (Å²) in [4.78, 5) is 16.1. The molecule has 2 aliphatic heterocycles. The van der Waals surface area contributed by atoms with E-state index in [0.29, 0.717) is 31.0 Å². The average molecular weight is 434 g/mol. The first-order chi connectivity index (χ1) is 14.0. The molecule has 0 saturated carbocycles. The molecule has 1 aromatic carbocycles. The highest BCUT2D eigenvalue weighted by Crippen LogP contribution is 2.32. The second kappa shape index (κ2) is 8.55. The summed E-state index contributed by atoms with van der Waals surface area (Å²) < 4.78 is 27.4. The van der Waals surface area contributed by atoms with Gasteiger partial charge in [0.25, 0.3) is 0 Å². The first-order valence-corrected chi connectivity index (χ1v) is 12.5. The van der Waals surface area contributed by atoms with Crippen LogP contribution in [0.25, 0.3) is 0 Å². The van der Waals surface area contributed by atoms with Crippen LogP contribution in [-0.4, -0.2) is 44.8 Å². The number of thiophene rings is 1. The lowest BCUT2D eigenvalue weighted by atomic mass is 10.2. The Hall–Kier alpha value is -1.74. The smallest absolute Gasteiger partial charge is 0.243 e. The van der Waals surface area contributed by atoms with E-state index in [1.807, 2.05) is 11.4 Å². The second-order valence-corrected chi connectivity index (χ2v) is 10.6. The quantitative estimate of drug-likeness (QED) is 0.760. The van der Waals surface area contributed by atoms with Crippen LogP contribution in [0.2, 0.25) is 0 Å². The van der Waals surface area contributed by atoms with Gasteiger partial charge in [0.05, 0.1) is 11.4 Å². The van der Waals surface area contributed by atoms with Crippen molar-refractivity contribution in [3.05, 3.63) is 46.2 Å². The maximum atomic E-state index is 12.9. The van der Waals surface area contributed by atoms with Crippen molar-refractivity contribution in [2.24, 2.45) is 0 Å². The van der Waals surface area contributed by atoms with Crippen molar-refractivity contribution >= 4 is 33.0 Å². The first-order valence-electron chi connectivity index (χ1n) is 10.2. The number of benzene rings is 1. The molecule has 1 amide bonds. The highest BCUT2D eigenvalue weighted by molar-refractivity contribution is 7.89. The molecule has 0 spiro atoms. The van der Waals surface area contributed by atoms with Crippen molar-refractivity contribution in [1.82, 2.24) is 9.62 Å².